The van der Waals surface area contributed by atoms with E-state index in [1.54, 1.807) is 24.6 Å². The monoisotopic (exact) mass is 531 g/mol. The van der Waals surface area contributed by atoms with Crippen LogP contribution in [0, 0.1) is 0 Å². The van der Waals surface area contributed by atoms with Gasteiger partial charge in [-0.05, 0) is 42.8 Å². The highest BCUT2D eigenvalue weighted by Gasteiger charge is 2.34. The van der Waals surface area contributed by atoms with E-state index in [0.29, 0.717) is 38.4 Å². The number of benzene rings is 1. The molecule has 2 amide bonds. The molecule has 1 aromatic carbocycles. The number of amides is 2. The lowest BCUT2D eigenvalue weighted by molar-refractivity contribution is 0.122. The van der Waals surface area contributed by atoms with Gasteiger partial charge in [0.25, 0.3) is 0 Å². The SMILES string of the molecule is COc1ccc(N2CCN(C3=CC=CC(c4sc(N5CCOCC5)nc4-c4ccnc(N)n4)C3)C2=O)cc1. The van der Waals surface area contributed by atoms with Crippen LogP contribution in [0.1, 0.15) is 17.2 Å². The van der Waals surface area contributed by atoms with Crippen molar-refractivity contribution in [2.24, 2.45) is 0 Å². The van der Waals surface area contributed by atoms with Gasteiger partial charge >= 0.3 is 6.03 Å². The number of morpholine rings is 1. The van der Waals surface area contributed by atoms with Gasteiger partial charge in [-0.25, -0.2) is 19.7 Å². The van der Waals surface area contributed by atoms with Crippen LogP contribution in [0.4, 0.5) is 21.6 Å². The van der Waals surface area contributed by atoms with Gasteiger partial charge in [0.15, 0.2) is 5.13 Å². The van der Waals surface area contributed by atoms with Crippen molar-refractivity contribution in [1.29, 1.82) is 0 Å². The lowest BCUT2D eigenvalue weighted by Gasteiger charge is -2.26. The number of aromatic nitrogens is 3. The van der Waals surface area contributed by atoms with E-state index in [4.69, 9.17) is 20.2 Å². The minimum absolute atomic E-state index is 0.0161. The van der Waals surface area contributed by atoms with E-state index in [0.717, 1.165) is 45.9 Å². The van der Waals surface area contributed by atoms with Gasteiger partial charge in [0.1, 0.15) is 11.4 Å². The van der Waals surface area contributed by atoms with Gasteiger partial charge in [-0.3, -0.25) is 9.80 Å². The number of nitrogen functional groups attached to an aromatic ring is 1. The zero-order chi connectivity index (χ0) is 26.1. The standard InChI is InChI=1S/C27H29N7O3S/c1-36-21-7-5-19(6-8-21)33-11-12-34(27(33)35)20-4-2-3-18(17-20)24-23(22-9-10-29-25(28)30-22)31-26(38-24)32-13-15-37-16-14-32/h2-10,18H,11-17H2,1H3,(H2,28,29,30). The third kappa shape index (κ3) is 4.70. The molecule has 1 aliphatic carbocycles. The predicted molar refractivity (Wildman–Crippen MR) is 148 cm³/mol. The van der Waals surface area contributed by atoms with E-state index in [2.05, 4.69) is 20.9 Å². The fourth-order valence-corrected chi connectivity index (χ4v) is 6.20. The zero-order valence-corrected chi connectivity index (χ0v) is 21.9. The summed E-state index contributed by atoms with van der Waals surface area (Å²) in [6, 6.07) is 9.42. The van der Waals surface area contributed by atoms with Crippen LogP contribution in [-0.4, -0.2) is 72.4 Å². The fraction of sp³-hybridized carbons (Fsp3) is 0.333. The second kappa shape index (κ2) is 10.4. The first-order chi connectivity index (χ1) is 18.6. The van der Waals surface area contributed by atoms with Gasteiger partial charge in [-0.1, -0.05) is 12.2 Å². The molecule has 2 N–H and O–H groups in total. The molecule has 6 rings (SSSR count). The molecule has 3 aromatic rings. The first-order valence-corrected chi connectivity index (χ1v) is 13.4. The van der Waals surface area contributed by atoms with Crippen molar-refractivity contribution in [3.8, 4) is 17.1 Å². The Morgan fingerprint density at radius 3 is 2.61 bits per heavy atom. The average Bonchev–Trinajstić information content (AvgIpc) is 3.58. The number of hydrogen-bond acceptors (Lipinski definition) is 9. The van der Waals surface area contributed by atoms with Crippen LogP contribution in [0.15, 0.2) is 60.5 Å². The second-order valence-electron chi connectivity index (χ2n) is 9.25. The molecule has 1 atom stereocenters. The topological polar surface area (TPSA) is 110 Å². The highest BCUT2D eigenvalue weighted by atomic mass is 32.1. The van der Waals surface area contributed by atoms with E-state index < -0.39 is 0 Å². The van der Waals surface area contributed by atoms with Gasteiger partial charge in [-0.15, -0.1) is 11.3 Å². The molecule has 1 unspecified atom stereocenters. The molecule has 2 saturated heterocycles. The zero-order valence-electron chi connectivity index (χ0n) is 21.1. The van der Waals surface area contributed by atoms with Crippen LogP contribution in [0.2, 0.25) is 0 Å². The molecule has 2 aliphatic heterocycles. The molecule has 2 aromatic heterocycles. The van der Waals surface area contributed by atoms with Gasteiger partial charge in [-0.2, -0.15) is 0 Å². The summed E-state index contributed by atoms with van der Waals surface area (Å²) in [7, 11) is 1.63. The summed E-state index contributed by atoms with van der Waals surface area (Å²) >= 11 is 1.67. The molecule has 4 heterocycles. The fourth-order valence-electron chi connectivity index (χ4n) is 5.00. The smallest absolute Gasteiger partial charge is 0.328 e. The molecule has 3 aliphatic rings. The summed E-state index contributed by atoms with van der Waals surface area (Å²) in [4.78, 5) is 34.0. The lowest BCUT2D eigenvalue weighted by Crippen LogP contribution is -2.36. The molecule has 0 saturated carbocycles. The van der Waals surface area contributed by atoms with Crippen molar-refractivity contribution >= 4 is 34.1 Å². The summed E-state index contributed by atoms with van der Waals surface area (Å²) in [5.41, 5.74) is 9.29. The van der Waals surface area contributed by atoms with E-state index in [9.17, 15) is 4.79 Å². The Labute approximate surface area is 225 Å². The van der Waals surface area contributed by atoms with Crippen molar-refractivity contribution in [1.82, 2.24) is 19.9 Å². The van der Waals surface area contributed by atoms with Crippen LogP contribution in [0.5, 0.6) is 5.75 Å². The second-order valence-corrected chi connectivity index (χ2v) is 10.3. The summed E-state index contributed by atoms with van der Waals surface area (Å²) in [5.74, 6) is 1.04. The van der Waals surface area contributed by atoms with E-state index >= 15 is 0 Å². The highest BCUT2D eigenvalue weighted by Crippen LogP contribution is 2.42. The van der Waals surface area contributed by atoms with Gasteiger partial charge in [0.2, 0.25) is 5.95 Å². The summed E-state index contributed by atoms with van der Waals surface area (Å²) in [5, 5.41) is 0.947. The normalized spacial score (nSPS) is 19.7. The molecular weight excluding hydrogens is 502 g/mol. The number of carbonyl (C=O) groups excluding carboxylic acids is 1. The summed E-state index contributed by atoms with van der Waals surface area (Å²) in [6.45, 7) is 4.23. The molecule has 10 nitrogen and oxygen atoms in total. The minimum atomic E-state index is -0.0161. The Bertz CT molecular complexity index is 1380. The molecule has 2 fully saturated rings. The number of allylic oxidation sites excluding steroid dienone is 4. The maximum Gasteiger partial charge on any atom is 0.328 e. The molecule has 38 heavy (non-hydrogen) atoms. The Hall–Kier alpha value is -3.96. The molecule has 0 bridgehead atoms. The van der Waals surface area contributed by atoms with Crippen LogP contribution >= 0.6 is 11.3 Å². The number of methoxy groups -OCH3 is 1. The Balaban J connectivity index is 1.26. The Kier molecular flexibility index (Phi) is 6.69. The predicted octanol–water partition coefficient (Wildman–Crippen LogP) is 3.90. The number of ether oxygens (including phenoxy) is 2. The molecule has 0 radical (unpaired) electrons. The van der Waals surface area contributed by atoms with E-state index in [-0.39, 0.29) is 17.9 Å². The van der Waals surface area contributed by atoms with E-state index in [1.807, 2.05) is 52.3 Å². The number of hydrogen-bond donors (Lipinski definition) is 1. The third-order valence-electron chi connectivity index (χ3n) is 6.98. The maximum atomic E-state index is 13.4. The number of thiazole rings is 1. The third-order valence-corrected chi connectivity index (χ3v) is 8.23. The van der Waals surface area contributed by atoms with Crippen molar-refractivity contribution in [2.75, 3.05) is 62.0 Å². The van der Waals surface area contributed by atoms with Gasteiger partial charge in [0.05, 0.1) is 26.0 Å². The average molecular weight is 532 g/mol. The van der Waals surface area contributed by atoms with Crippen molar-refractivity contribution in [3.05, 3.63) is 65.3 Å². The van der Waals surface area contributed by atoms with Crippen LogP contribution < -0.4 is 20.3 Å². The maximum absolute atomic E-state index is 13.4. The van der Waals surface area contributed by atoms with Crippen LogP contribution in [0.25, 0.3) is 11.4 Å². The Morgan fingerprint density at radius 2 is 1.84 bits per heavy atom. The van der Waals surface area contributed by atoms with E-state index in [1.165, 1.54) is 0 Å². The number of anilines is 3. The first kappa shape index (κ1) is 24.4. The number of nitrogens with two attached hydrogens (primary N) is 1. The van der Waals surface area contributed by atoms with Gasteiger partial charge < -0.3 is 20.1 Å². The largest absolute Gasteiger partial charge is 0.497 e. The first-order valence-electron chi connectivity index (χ1n) is 12.6. The highest BCUT2D eigenvalue weighted by molar-refractivity contribution is 7.16. The summed E-state index contributed by atoms with van der Waals surface area (Å²) in [6.07, 6.45) is 8.61. The van der Waals surface area contributed by atoms with Crippen molar-refractivity contribution in [3.63, 3.8) is 0 Å². The molecule has 196 valence electrons. The van der Waals surface area contributed by atoms with Crippen molar-refractivity contribution < 1.29 is 14.3 Å². The van der Waals surface area contributed by atoms with Gasteiger partial charge in [0, 0.05) is 54.6 Å². The number of urea groups is 1. The Morgan fingerprint density at radius 1 is 1.05 bits per heavy atom. The quantitative estimate of drug-likeness (QED) is 0.510. The minimum Gasteiger partial charge on any atom is -0.497 e. The number of rotatable bonds is 6. The van der Waals surface area contributed by atoms with Crippen LogP contribution in [0.3, 0.4) is 0 Å². The molecule has 0 spiro atoms. The molecule has 11 heteroatoms. The van der Waals surface area contributed by atoms with Crippen molar-refractivity contribution in [2.45, 2.75) is 12.3 Å². The number of carbonyl (C=O) groups is 1. The van der Waals surface area contributed by atoms with Crippen LogP contribution in [-0.2, 0) is 4.74 Å². The lowest BCUT2D eigenvalue weighted by atomic mass is 9.94. The number of nitrogens with zero attached hydrogens (tertiary/aromatic N) is 6. The summed E-state index contributed by atoms with van der Waals surface area (Å²) < 4.78 is 10.8. The molecular formula is C27H29N7O3S.